The van der Waals surface area contributed by atoms with E-state index in [2.05, 4.69) is 4.98 Å². The second-order valence-corrected chi connectivity index (χ2v) is 2.96. The van der Waals surface area contributed by atoms with E-state index in [0.717, 1.165) is 6.07 Å². The monoisotopic (exact) mass is 236 g/mol. The SMILES string of the molecule is Nc1nc(CCl)c(C(=O)O)cc1C(F)F. The Morgan fingerprint density at radius 2 is 2.27 bits per heavy atom. The quantitative estimate of drug-likeness (QED) is 0.788. The number of hydrogen-bond donors (Lipinski definition) is 2. The van der Waals surface area contributed by atoms with Gasteiger partial charge in [-0.15, -0.1) is 11.6 Å². The second kappa shape index (κ2) is 4.39. The maximum atomic E-state index is 12.4. The molecule has 0 aliphatic carbocycles. The largest absolute Gasteiger partial charge is 0.478 e. The maximum Gasteiger partial charge on any atom is 0.337 e. The molecule has 0 aromatic carbocycles. The Labute approximate surface area is 88.7 Å². The van der Waals surface area contributed by atoms with Crippen LogP contribution < -0.4 is 5.73 Å². The van der Waals surface area contributed by atoms with Crippen LogP contribution in [0.25, 0.3) is 0 Å². The molecule has 0 spiro atoms. The summed E-state index contributed by atoms with van der Waals surface area (Å²) in [5.74, 6) is -1.96. The van der Waals surface area contributed by atoms with Crippen LogP contribution in [-0.4, -0.2) is 16.1 Å². The molecule has 0 amide bonds. The van der Waals surface area contributed by atoms with Gasteiger partial charge in [0.2, 0.25) is 0 Å². The lowest BCUT2D eigenvalue weighted by Crippen LogP contribution is -2.09. The number of rotatable bonds is 3. The van der Waals surface area contributed by atoms with Crippen LogP contribution in [0.3, 0.4) is 0 Å². The van der Waals surface area contributed by atoms with E-state index >= 15 is 0 Å². The summed E-state index contributed by atoms with van der Waals surface area (Å²) in [6, 6.07) is 0.799. The number of anilines is 1. The highest BCUT2D eigenvalue weighted by Gasteiger charge is 2.19. The van der Waals surface area contributed by atoms with Crippen molar-refractivity contribution >= 4 is 23.4 Å². The van der Waals surface area contributed by atoms with Crippen LogP contribution in [0.15, 0.2) is 6.07 Å². The van der Waals surface area contributed by atoms with Gasteiger partial charge in [-0.2, -0.15) is 0 Å². The maximum absolute atomic E-state index is 12.4. The Kier molecular flexibility index (Phi) is 3.41. The third-order valence-electron chi connectivity index (χ3n) is 1.75. The number of alkyl halides is 3. The van der Waals surface area contributed by atoms with Gasteiger partial charge >= 0.3 is 5.97 Å². The predicted octanol–water partition coefficient (Wildman–Crippen LogP) is 2.04. The minimum absolute atomic E-state index is 0.0222. The van der Waals surface area contributed by atoms with Gasteiger partial charge in [-0.05, 0) is 6.07 Å². The first-order valence-electron chi connectivity index (χ1n) is 3.84. The Hall–Kier alpha value is -1.43. The van der Waals surface area contributed by atoms with E-state index in [9.17, 15) is 13.6 Å². The van der Waals surface area contributed by atoms with Crippen molar-refractivity contribution in [2.24, 2.45) is 0 Å². The summed E-state index contributed by atoms with van der Waals surface area (Å²) < 4.78 is 24.7. The second-order valence-electron chi connectivity index (χ2n) is 2.70. The normalized spacial score (nSPS) is 10.7. The first-order chi connectivity index (χ1) is 6.97. The molecule has 1 aromatic rings. The predicted molar refractivity (Wildman–Crippen MR) is 50.1 cm³/mol. The molecule has 0 atom stereocenters. The summed E-state index contributed by atoms with van der Waals surface area (Å²) in [6.07, 6.45) is -2.86. The molecule has 0 aliphatic rings. The summed E-state index contributed by atoms with van der Waals surface area (Å²) in [5.41, 5.74) is 4.25. The number of halogens is 3. The average molecular weight is 237 g/mol. The van der Waals surface area contributed by atoms with E-state index < -0.39 is 23.8 Å². The molecule has 1 heterocycles. The molecular formula is C8H7ClF2N2O2. The van der Waals surface area contributed by atoms with Crippen molar-refractivity contribution < 1.29 is 18.7 Å². The molecular weight excluding hydrogens is 230 g/mol. The Morgan fingerprint density at radius 3 is 2.67 bits per heavy atom. The Balaban J connectivity index is 3.37. The van der Waals surface area contributed by atoms with E-state index in [4.69, 9.17) is 22.4 Å². The Morgan fingerprint density at radius 1 is 1.67 bits per heavy atom. The number of nitrogens with zero attached hydrogens (tertiary/aromatic N) is 1. The van der Waals surface area contributed by atoms with Crippen molar-refractivity contribution in [3.63, 3.8) is 0 Å². The van der Waals surface area contributed by atoms with Crippen LogP contribution in [0, 0.1) is 0 Å². The molecule has 0 unspecified atom stereocenters. The number of hydrogen-bond acceptors (Lipinski definition) is 3. The molecule has 1 rings (SSSR count). The van der Waals surface area contributed by atoms with Crippen LogP contribution in [0.1, 0.15) is 28.0 Å². The molecule has 0 saturated carbocycles. The zero-order chi connectivity index (χ0) is 11.6. The lowest BCUT2D eigenvalue weighted by Gasteiger charge is -2.08. The van der Waals surface area contributed by atoms with Crippen molar-refractivity contribution in [2.45, 2.75) is 12.3 Å². The molecule has 1 aromatic heterocycles. The van der Waals surface area contributed by atoms with Crippen LogP contribution in [-0.2, 0) is 5.88 Å². The van der Waals surface area contributed by atoms with Crippen molar-refractivity contribution in [1.82, 2.24) is 4.98 Å². The number of carbonyl (C=O) groups is 1. The summed E-state index contributed by atoms with van der Waals surface area (Å²) in [5, 5.41) is 8.71. The van der Waals surface area contributed by atoms with Gasteiger partial charge in [-0.25, -0.2) is 18.6 Å². The van der Waals surface area contributed by atoms with Gasteiger partial charge in [0, 0.05) is 0 Å². The number of nitrogens with two attached hydrogens (primary N) is 1. The first-order valence-corrected chi connectivity index (χ1v) is 4.37. The number of pyridine rings is 1. The summed E-state index contributed by atoms with van der Waals surface area (Å²) in [4.78, 5) is 14.2. The smallest absolute Gasteiger partial charge is 0.337 e. The zero-order valence-electron chi connectivity index (χ0n) is 7.38. The number of carboxylic acids is 1. The molecule has 0 aliphatic heterocycles. The number of carboxylic acid groups (broad SMARTS) is 1. The number of nitrogen functional groups attached to an aromatic ring is 1. The first kappa shape index (κ1) is 11.6. The van der Waals surface area contributed by atoms with Crippen LogP contribution >= 0.6 is 11.6 Å². The highest BCUT2D eigenvalue weighted by molar-refractivity contribution is 6.17. The number of aromatic nitrogens is 1. The van der Waals surface area contributed by atoms with Gasteiger partial charge in [-0.3, -0.25) is 0 Å². The summed E-state index contributed by atoms with van der Waals surface area (Å²) in [7, 11) is 0. The minimum atomic E-state index is -2.86. The van der Waals surface area contributed by atoms with Gasteiger partial charge in [0.15, 0.2) is 0 Å². The van der Waals surface area contributed by atoms with Gasteiger partial charge in [-0.1, -0.05) is 0 Å². The summed E-state index contributed by atoms with van der Waals surface area (Å²) >= 11 is 5.41. The molecule has 0 saturated heterocycles. The summed E-state index contributed by atoms with van der Waals surface area (Å²) in [6.45, 7) is 0. The molecule has 0 fully saturated rings. The molecule has 15 heavy (non-hydrogen) atoms. The lowest BCUT2D eigenvalue weighted by atomic mass is 10.1. The van der Waals surface area contributed by atoms with E-state index in [1.165, 1.54) is 0 Å². The third kappa shape index (κ3) is 2.33. The average Bonchev–Trinajstić information content (AvgIpc) is 2.16. The van der Waals surface area contributed by atoms with Gasteiger partial charge in [0.25, 0.3) is 6.43 Å². The topological polar surface area (TPSA) is 76.2 Å². The lowest BCUT2D eigenvalue weighted by molar-refractivity contribution is 0.0695. The molecule has 0 bridgehead atoms. The molecule has 82 valence electrons. The van der Waals surface area contributed by atoms with Gasteiger partial charge in [0.05, 0.1) is 22.7 Å². The van der Waals surface area contributed by atoms with Crippen molar-refractivity contribution in [3.05, 3.63) is 22.9 Å². The Bertz CT molecular complexity index is 398. The number of aromatic carboxylic acids is 1. The molecule has 3 N–H and O–H groups in total. The molecule has 7 heteroatoms. The molecule has 4 nitrogen and oxygen atoms in total. The fraction of sp³-hybridized carbons (Fsp3) is 0.250. The van der Waals surface area contributed by atoms with Crippen molar-refractivity contribution in [3.8, 4) is 0 Å². The minimum Gasteiger partial charge on any atom is -0.478 e. The highest BCUT2D eigenvalue weighted by Crippen LogP contribution is 2.26. The van der Waals surface area contributed by atoms with E-state index in [1.807, 2.05) is 0 Å². The highest BCUT2D eigenvalue weighted by atomic mass is 35.5. The van der Waals surface area contributed by atoms with E-state index in [-0.39, 0.29) is 17.1 Å². The van der Waals surface area contributed by atoms with Crippen molar-refractivity contribution in [1.29, 1.82) is 0 Å². The van der Waals surface area contributed by atoms with Crippen LogP contribution in [0.5, 0.6) is 0 Å². The fourth-order valence-corrected chi connectivity index (χ4v) is 1.25. The van der Waals surface area contributed by atoms with E-state index in [0.29, 0.717) is 0 Å². The standard InChI is InChI=1S/C8H7ClF2N2O2/c9-2-5-3(8(14)15)1-4(6(10)11)7(12)13-5/h1,6H,2H2,(H2,12,13)(H,14,15). The van der Waals surface area contributed by atoms with Gasteiger partial charge < -0.3 is 10.8 Å². The zero-order valence-corrected chi connectivity index (χ0v) is 8.13. The molecule has 0 radical (unpaired) electrons. The van der Waals surface area contributed by atoms with Crippen LogP contribution in [0.4, 0.5) is 14.6 Å². The van der Waals surface area contributed by atoms with E-state index in [1.54, 1.807) is 0 Å². The van der Waals surface area contributed by atoms with Gasteiger partial charge in [0.1, 0.15) is 5.82 Å². The fourth-order valence-electron chi connectivity index (χ4n) is 1.04. The van der Waals surface area contributed by atoms with Crippen molar-refractivity contribution in [2.75, 3.05) is 5.73 Å². The van der Waals surface area contributed by atoms with Crippen LogP contribution in [0.2, 0.25) is 0 Å². The third-order valence-corrected chi connectivity index (χ3v) is 2.01.